The van der Waals surface area contributed by atoms with Crippen LogP contribution in [0.4, 0.5) is 4.39 Å². The Hall–Kier alpha value is -1.75. The molecule has 3 N–H and O–H groups in total. The predicted molar refractivity (Wildman–Crippen MR) is 63.0 cm³/mol. The topological polar surface area (TPSA) is 67.6 Å². The Morgan fingerprint density at radius 1 is 1.29 bits per heavy atom. The van der Waals surface area contributed by atoms with E-state index in [1.807, 2.05) is 6.07 Å². The van der Waals surface area contributed by atoms with Crippen molar-refractivity contribution in [3.63, 3.8) is 0 Å². The van der Waals surface area contributed by atoms with Crippen LogP contribution in [0.2, 0.25) is 0 Å². The van der Waals surface area contributed by atoms with Crippen LogP contribution in [0.15, 0.2) is 24.3 Å². The number of hydrogen-bond donors (Lipinski definition) is 2. The first-order chi connectivity index (χ1) is 8.29. The van der Waals surface area contributed by atoms with Gasteiger partial charge in [-0.3, -0.25) is 5.10 Å². The van der Waals surface area contributed by atoms with Crippen LogP contribution in [0.3, 0.4) is 0 Å². The summed E-state index contributed by atoms with van der Waals surface area (Å²) in [5.41, 5.74) is 6.03. The Labute approximate surface area is 99.1 Å². The van der Waals surface area contributed by atoms with Crippen LogP contribution in [0, 0.1) is 5.82 Å². The van der Waals surface area contributed by atoms with Crippen molar-refractivity contribution in [3.05, 3.63) is 47.3 Å². The standard InChI is InChI=1S/C12H15FN4/c13-10-5-2-1-4-9(10)8-12-15-11(16-17-12)6-3-7-14/h1-2,4-5H,3,6-8,14H2,(H,15,16,17). The second-order valence-electron chi connectivity index (χ2n) is 3.86. The molecule has 0 amide bonds. The number of nitrogens with two attached hydrogens (primary N) is 1. The summed E-state index contributed by atoms with van der Waals surface area (Å²) in [5.74, 6) is 1.20. The number of aromatic amines is 1. The molecule has 0 atom stereocenters. The molecule has 0 unspecified atom stereocenters. The monoisotopic (exact) mass is 234 g/mol. The molecule has 5 heteroatoms. The zero-order chi connectivity index (χ0) is 12.1. The smallest absolute Gasteiger partial charge is 0.150 e. The fourth-order valence-electron chi connectivity index (χ4n) is 1.61. The van der Waals surface area contributed by atoms with Crippen molar-refractivity contribution in [3.8, 4) is 0 Å². The lowest BCUT2D eigenvalue weighted by Gasteiger charge is -1.98. The summed E-state index contributed by atoms with van der Waals surface area (Å²) in [6, 6.07) is 6.68. The lowest BCUT2D eigenvalue weighted by atomic mass is 10.1. The third kappa shape index (κ3) is 3.10. The Balaban J connectivity index is 2.04. The van der Waals surface area contributed by atoms with Gasteiger partial charge >= 0.3 is 0 Å². The van der Waals surface area contributed by atoms with Crippen LogP contribution in [0.5, 0.6) is 0 Å². The molecule has 0 fully saturated rings. The first kappa shape index (κ1) is 11.7. The molecule has 4 nitrogen and oxygen atoms in total. The van der Waals surface area contributed by atoms with Crippen LogP contribution >= 0.6 is 0 Å². The van der Waals surface area contributed by atoms with Crippen molar-refractivity contribution in [1.82, 2.24) is 15.2 Å². The quantitative estimate of drug-likeness (QED) is 0.822. The van der Waals surface area contributed by atoms with E-state index in [2.05, 4.69) is 15.2 Å². The van der Waals surface area contributed by atoms with E-state index in [9.17, 15) is 4.39 Å². The number of rotatable bonds is 5. The zero-order valence-corrected chi connectivity index (χ0v) is 9.49. The minimum absolute atomic E-state index is 0.215. The number of hydrogen-bond acceptors (Lipinski definition) is 3. The van der Waals surface area contributed by atoms with E-state index in [4.69, 9.17) is 5.73 Å². The minimum atomic E-state index is -0.215. The maximum atomic E-state index is 13.4. The molecule has 0 aliphatic heterocycles. The average molecular weight is 234 g/mol. The molecule has 0 radical (unpaired) electrons. The Morgan fingerprint density at radius 3 is 2.88 bits per heavy atom. The molecule has 90 valence electrons. The second-order valence-corrected chi connectivity index (χ2v) is 3.86. The molecule has 1 heterocycles. The molecule has 0 spiro atoms. The number of aromatic nitrogens is 3. The number of halogens is 1. The van der Waals surface area contributed by atoms with Gasteiger partial charge in [0, 0.05) is 12.8 Å². The fourth-order valence-corrected chi connectivity index (χ4v) is 1.61. The van der Waals surface area contributed by atoms with Gasteiger partial charge in [0.2, 0.25) is 0 Å². The summed E-state index contributed by atoms with van der Waals surface area (Å²) in [6.45, 7) is 0.622. The van der Waals surface area contributed by atoms with Gasteiger partial charge in [-0.25, -0.2) is 9.37 Å². The molecule has 0 aliphatic carbocycles. The minimum Gasteiger partial charge on any atom is -0.330 e. The fraction of sp³-hybridized carbons (Fsp3) is 0.333. The van der Waals surface area contributed by atoms with Crippen LogP contribution in [-0.4, -0.2) is 21.7 Å². The summed E-state index contributed by atoms with van der Waals surface area (Å²) < 4.78 is 13.4. The lowest BCUT2D eigenvalue weighted by Crippen LogP contribution is -2.01. The first-order valence-corrected chi connectivity index (χ1v) is 5.63. The van der Waals surface area contributed by atoms with E-state index in [-0.39, 0.29) is 5.82 Å². The van der Waals surface area contributed by atoms with Gasteiger partial charge in [-0.05, 0) is 24.6 Å². The summed E-state index contributed by atoms with van der Waals surface area (Å²) in [4.78, 5) is 4.30. The number of aryl methyl sites for hydroxylation is 1. The number of nitrogens with zero attached hydrogens (tertiary/aromatic N) is 2. The van der Waals surface area contributed by atoms with Crippen molar-refractivity contribution >= 4 is 0 Å². The molecular formula is C12H15FN4. The van der Waals surface area contributed by atoms with Crippen molar-refractivity contribution in [2.45, 2.75) is 19.3 Å². The van der Waals surface area contributed by atoms with Crippen molar-refractivity contribution in [1.29, 1.82) is 0 Å². The number of nitrogens with one attached hydrogen (secondary N) is 1. The molecule has 0 bridgehead atoms. The third-order valence-corrected chi connectivity index (χ3v) is 2.50. The summed E-state index contributed by atoms with van der Waals surface area (Å²) >= 11 is 0. The molecule has 1 aromatic carbocycles. The highest BCUT2D eigenvalue weighted by molar-refractivity contribution is 5.20. The molecule has 2 aromatic rings. The molecule has 0 saturated carbocycles. The van der Waals surface area contributed by atoms with E-state index < -0.39 is 0 Å². The summed E-state index contributed by atoms with van der Waals surface area (Å²) in [6.07, 6.45) is 2.05. The van der Waals surface area contributed by atoms with E-state index in [1.54, 1.807) is 12.1 Å². The highest BCUT2D eigenvalue weighted by Gasteiger charge is 2.06. The first-order valence-electron chi connectivity index (χ1n) is 5.63. The third-order valence-electron chi connectivity index (χ3n) is 2.50. The van der Waals surface area contributed by atoms with Gasteiger partial charge in [-0.2, -0.15) is 5.10 Å². The van der Waals surface area contributed by atoms with Gasteiger partial charge < -0.3 is 5.73 Å². The lowest BCUT2D eigenvalue weighted by molar-refractivity contribution is 0.612. The Bertz CT molecular complexity index is 481. The van der Waals surface area contributed by atoms with Crippen molar-refractivity contribution in [2.75, 3.05) is 6.54 Å². The SMILES string of the molecule is NCCCc1n[nH]c(Cc2ccccc2F)n1. The maximum absolute atomic E-state index is 13.4. The van der Waals surface area contributed by atoms with Gasteiger partial charge in [-0.1, -0.05) is 18.2 Å². The maximum Gasteiger partial charge on any atom is 0.150 e. The van der Waals surface area contributed by atoms with Crippen LogP contribution in [-0.2, 0) is 12.8 Å². The van der Waals surface area contributed by atoms with Gasteiger partial charge in [-0.15, -0.1) is 0 Å². The highest BCUT2D eigenvalue weighted by Crippen LogP contribution is 2.10. The van der Waals surface area contributed by atoms with Gasteiger partial charge in [0.25, 0.3) is 0 Å². The van der Waals surface area contributed by atoms with Crippen molar-refractivity contribution in [2.24, 2.45) is 5.73 Å². The van der Waals surface area contributed by atoms with E-state index in [1.165, 1.54) is 6.07 Å². The highest BCUT2D eigenvalue weighted by atomic mass is 19.1. The summed E-state index contributed by atoms with van der Waals surface area (Å²) in [7, 11) is 0. The van der Waals surface area contributed by atoms with Gasteiger partial charge in [0.15, 0.2) is 5.82 Å². The van der Waals surface area contributed by atoms with Crippen molar-refractivity contribution < 1.29 is 4.39 Å². The number of H-pyrrole nitrogens is 1. The normalized spacial score (nSPS) is 10.7. The van der Waals surface area contributed by atoms with Gasteiger partial charge in [0.05, 0.1) is 0 Å². The number of benzene rings is 1. The summed E-state index contributed by atoms with van der Waals surface area (Å²) in [5, 5.41) is 6.89. The average Bonchev–Trinajstić information content (AvgIpc) is 2.77. The van der Waals surface area contributed by atoms with Gasteiger partial charge in [0.1, 0.15) is 11.6 Å². The van der Waals surface area contributed by atoms with E-state index in [0.717, 1.165) is 18.7 Å². The van der Waals surface area contributed by atoms with Crippen LogP contribution in [0.25, 0.3) is 0 Å². The second kappa shape index (κ2) is 5.54. The zero-order valence-electron chi connectivity index (χ0n) is 9.49. The Morgan fingerprint density at radius 2 is 2.12 bits per heavy atom. The molecule has 0 aliphatic rings. The van der Waals surface area contributed by atoms with Crippen LogP contribution in [0.1, 0.15) is 23.6 Å². The van der Waals surface area contributed by atoms with E-state index >= 15 is 0 Å². The van der Waals surface area contributed by atoms with E-state index in [0.29, 0.717) is 24.4 Å². The predicted octanol–water partition coefficient (Wildman–Crippen LogP) is 1.43. The molecular weight excluding hydrogens is 219 g/mol. The molecule has 17 heavy (non-hydrogen) atoms. The molecule has 1 aromatic heterocycles. The van der Waals surface area contributed by atoms with Crippen LogP contribution < -0.4 is 5.73 Å². The molecule has 0 saturated heterocycles. The Kier molecular flexibility index (Phi) is 3.82. The molecule has 2 rings (SSSR count). The largest absolute Gasteiger partial charge is 0.330 e.